The van der Waals surface area contributed by atoms with E-state index in [1.54, 1.807) is 6.08 Å². The highest BCUT2D eigenvalue weighted by Gasteiger charge is 2.29. The van der Waals surface area contributed by atoms with Gasteiger partial charge in [0.05, 0.1) is 12.6 Å². The smallest absolute Gasteiger partial charge is 0.237 e. The first-order chi connectivity index (χ1) is 7.70. The maximum absolute atomic E-state index is 11.8. The summed E-state index contributed by atoms with van der Waals surface area (Å²) in [6, 6.07) is -0.0318. The first kappa shape index (κ1) is 13.2. The maximum atomic E-state index is 11.8. The molecule has 16 heavy (non-hydrogen) atoms. The number of hydrogen-bond acceptors (Lipinski definition) is 3. The normalized spacial score (nSPS) is 23.8. The fraction of sp³-hybridized carbons (Fsp3) is 0.750. The molecule has 1 saturated heterocycles. The molecule has 0 radical (unpaired) electrons. The average molecular weight is 226 g/mol. The standard InChI is InChI=1S/C12H22N2O2/c1-3-7-13-12(16)10(2)14-8-5-4-6-11(14)9-15/h3,10-11,15H,1,4-9H2,2H3,(H,13,16). The minimum atomic E-state index is -0.169. The van der Waals surface area contributed by atoms with E-state index in [4.69, 9.17) is 0 Å². The Balaban J connectivity index is 2.52. The number of rotatable bonds is 5. The summed E-state index contributed by atoms with van der Waals surface area (Å²) in [4.78, 5) is 13.9. The Morgan fingerprint density at radius 3 is 3.06 bits per heavy atom. The summed E-state index contributed by atoms with van der Waals surface area (Å²) in [7, 11) is 0. The van der Waals surface area contributed by atoms with Gasteiger partial charge in [0, 0.05) is 12.6 Å². The second kappa shape index (κ2) is 6.66. The summed E-state index contributed by atoms with van der Waals surface area (Å²) in [5.74, 6) is 0.0141. The summed E-state index contributed by atoms with van der Waals surface area (Å²) in [6.45, 7) is 7.00. The number of hydrogen-bond donors (Lipinski definition) is 2. The van der Waals surface area contributed by atoms with Crippen LogP contribution in [-0.2, 0) is 4.79 Å². The Morgan fingerprint density at radius 2 is 2.44 bits per heavy atom. The molecule has 0 aromatic rings. The number of nitrogens with one attached hydrogen (secondary N) is 1. The molecule has 1 amide bonds. The molecular weight excluding hydrogens is 204 g/mol. The van der Waals surface area contributed by atoms with Crippen LogP contribution in [0.2, 0.25) is 0 Å². The van der Waals surface area contributed by atoms with Gasteiger partial charge < -0.3 is 10.4 Å². The lowest BCUT2D eigenvalue weighted by molar-refractivity contribution is -0.127. The van der Waals surface area contributed by atoms with Crippen LogP contribution < -0.4 is 5.32 Å². The van der Waals surface area contributed by atoms with Crippen LogP contribution in [0.5, 0.6) is 0 Å². The number of likely N-dealkylation sites (tertiary alicyclic amines) is 1. The van der Waals surface area contributed by atoms with E-state index in [2.05, 4.69) is 16.8 Å². The predicted molar refractivity (Wildman–Crippen MR) is 64.1 cm³/mol. The number of aliphatic hydroxyl groups excluding tert-OH is 1. The van der Waals surface area contributed by atoms with Gasteiger partial charge in [-0.05, 0) is 26.3 Å². The number of piperidine rings is 1. The van der Waals surface area contributed by atoms with Crippen molar-refractivity contribution in [1.82, 2.24) is 10.2 Å². The Kier molecular flexibility index (Phi) is 5.49. The van der Waals surface area contributed by atoms with E-state index in [9.17, 15) is 9.90 Å². The summed E-state index contributed by atoms with van der Waals surface area (Å²) in [5, 5.41) is 12.1. The molecule has 0 aromatic carbocycles. The van der Waals surface area contributed by atoms with Gasteiger partial charge in [0.15, 0.2) is 0 Å². The Hall–Kier alpha value is -0.870. The minimum absolute atomic E-state index is 0.0141. The van der Waals surface area contributed by atoms with Gasteiger partial charge in [-0.1, -0.05) is 12.5 Å². The van der Waals surface area contributed by atoms with Crippen LogP contribution in [-0.4, -0.2) is 47.7 Å². The highest BCUT2D eigenvalue weighted by Crippen LogP contribution is 2.19. The van der Waals surface area contributed by atoms with Crippen molar-refractivity contribution in [1.29, 1.82) is 0 Å². The number of nitrogens with zero attached hydrogens (tertiary/aromatic N) is 1. The molecule has 0 spiro atoms. The maximum Gasteiger partial charge on any atom is 0.237 e. The van der Waals surface area contributed by atoms with Gasteiger partial charge in [-0.2, -0.15) is 0 Å². The number of aliphatic hydroxyl groups is 1. The van der Waals surface area contributed by atoms with Crippen LogP contribution in [0.25, 0.3) is 0 Å². The van der Waals surface area contributed by atoms with E-state index in [0.29, 0.717) is 6.54 Å². The van der Waals surface area contributed by atoms with Crippen molar-refractivity contribution in [2.24, 2.45) is 0 Å². The van der Waals surface area contributed by atoms with Gasteiger partial charge in [0.2, 0.25) is 5.91 Å². The van der Waals surface area contributed by atoms with Gasteiger partial charge in [-0.15, -0.1) is 6.58 Å². The van der Waals surface area contributed by atoms with E-state index >= 15 is 0 Å². The van der Waals surface area contributed by atoms with Gasteiger partial charge >= 0.3 is 0 Å². The molecule has 0 aromatic heterocycles. The molecule has 92 valence electrons. The highest BCUT2D eigenvalue weighted by molar-refractivity contribution is 5.81. The fourth-order valence-electron chi connectivity index (χ4n) is 2.20. The molecule has 0 bridgehead atoms. The minimum Gasteiger partial charge on any atom is -0.395 e. The average Bonchev–Trinajstić information content (AvgIpc) is 2.34. The van der Waals surface area contributed by atoms with Crippen LogP contribution in [0.4, 0.5) is 0 Å². The zero-order valence-corrected chi connectivity index (χ0v) is 9.98. The molecule has 2 unspecified atom stereocenters. The number of carbonyl (C=O) groups is 1. The van der Waals surface area contributed by atoms with Crippen molar-refractivity contribution in [3.63, 3.8) is 0 Å². The van der Waals surface area contributed by atoms with Crippen LogP contribution in [0, 0.1) is 0 Å². The molecule has 1 rings (SSSR count). The molecule has 4 heteroatoms. The second-order valence-corrected chi connectivity index (χ2v) is 4.28. The second-order valence-electron chi connectivity index (χ2n) is 4.28. The Bertz CT molecular complexity index is 243. The molecule has 1 aliphatic rings. The van der Waals surface area contributed by atoms with Crippen molar-refractivity contribution >= 4 is 5.91 Å². The lowest BCUT2D eigenvalue weighted by Gasteiger charge is -2.38. The zero-order valence-electron chi connectivity index (χ0n) is 9.98. The fourth-order valence-corrected chi connectivity index (χ4v) is 2.20. The summed E-state index contributed by atoms with van der Waals surface area (Å²) in [5.41, 5.74) is 0. The summed E-state index contributed by atoms with van der Waals surface area (Å²) in [6.07, 6.45) is 4.90. The van der Waals surface area contributed by atoms with Crippen molar-refractivity contribution < 1.29 is 9.90 Å². The third-order valence-electron chi connectivity index (χ3n) is 3.18. The highest BCUT2D eigenvalue weighted by atomic mass is 16.3. The number of amides is 1. The van der Waals surface area contributed by atoms with E-state index in [1.165, 1.54) is 0 Å². The monoisotopic (exact) mass is 226 g/mol. The third kappa shape index (κ3) is 3.32. The molecule has 0 aliphatic carbocycles. The van der Waals surface area contributed by atoms with Gasteiger partial charge in [0.25, 0.3) is 0 Å². The molecule has 1 heterocycles. The molecule has 4 nitrogen and oxygen atoms in total. The first-order valence-electron chi connectivity index (χ1n) is 5.96. The Labute approximate surface area is 97.3 Å². The van der Waals surface area contributed by atoms with Crippen molar-refractivity contribution in [2.75, 3.05) is 19.7 Å². The van der Waals surface area contributed by atoms with Gasteiger partial charge in [0.1, 0.15) is 0 Å². The van der Waals surface area contributed by atoms with E-state index in [0.717, 1.165) is 25.8 Å². The van der Waals surface area contributed by atoms with E-state index in [1.807, 2.05) is 6.92 Å². The predicted octanol–water partition coefficient (Wildman–Crippen LogP) is 0.524. The van der Waals surface area contributed by atoms with Crippen molar-refractivity contribution in [3.8, 4) is 0 Å². The largest absolute Gasteiger partial charge is 0.395 e. The third-order valence-corrected chi connectivity index (χ3v) is 3.18. The quantitative estimate of drug-likeness (QED) is 0.672. The molecule has 2 N–H and O–H groups in total. The number of carbonyl (C=O) groups excluding carboxylic acids is 1. The van der Waals surface area contributed by atoms with Crippen LogP contribution in [0.15, 0.2) is 12.7 Å². The van der Waals surface area contributed by atoms with Gasteiger partial charge in [-0.25, -0.2) is 0 Å². The molecule has 2 atom stereocenters. The molecule has 1 aliphatic heterocycles. The van der Waals surface area contributed by atoms with E-state index < -0.39 is 0 Å². The van der Waals surface area contributed by atoms with Gasteiger partial charge in [-0.3, -0.25) is 9.69 Å². The SMILES string of the molecule is C=CCNC(=O)C(C)N1CCCCC1CO. The van der Waals surface area contributed by atoms with Crippen LogP contribution in [0.3, 0.4) is 0 Å². The topological polar surface area (TPSA) is 52.6 Å². The summed E-state index contributed by atoms with van der Waals surface area (Å²) < 4.78 is 0. The molecule has 1 fully saturated rings. The van der Waals surface area contributed by atoms with Crippen LogP contribution in [0.1, 0.15) is 26.2 Å². The lowest BCUT2D eigenvalue weighted by atomic mass is 10.0. The van der Waals surface area contributed by atoms with Crippen molar-refractivity contribution in [2.45, 2.75) is 38.3 Å². The van der Waals surface area contributed by atoms with Crippen molar-refractivity contribution in [3.05, 3.63) is 12.7 Å². The van der Waals surface area contributed by atoms with Crippen LogP contribution >= 0.6 is 0 Å². The lowest BCUT2D eigenvalue weighted by Crippen LogP contribution is -2.52. The first-order valence-corrected chi connectivity index (χ1v) is 5.96. The summed E-state index contributed by atoms with van der Waals surface area (Å²) >= 11 is 0. The molecule has 0 saturated carbocycles. The zero-order chi connectivity index (χ0) is 12.0. The Morgan fingerprint density at radius 1 is 1.69 bits per heavy atom. The molecular formula is C12H22N2O2. The van der Waals surface area contributed by atoms with E-state index in [-0.39, 0.29) is 24.6 Å².